The Bertz CT molecular complexity index is 490. The minimum atomic E-state index is -0.586. The van der Waals surface area contributed by atoms with Gasteiger partial charge in [0.2, 0.25) is 0 Å². The fourth-order valence-electron chi connectivity index (χ4n) is 2.09. The van der Waals surface area contributed by atoms with Crippen molar-refractivity contribution >= 4 is 12.4 Å². The molecule has 1 aromatic rings. The molecule has 122 valence electrons. The van der Waals surface area contributed by atoms with Gasteiger partial charge in [-0.2, -0.15) is 0 Å². The van der Waals surface area contributed by atoms with Crippen molar-refractivity contribution in [2.24, 2.45) is 5.92 Å². The molecule has 0 saturated carbocycles. The molecule has 0 aliphatic carbocycles. The van der Waals surface area contributed by atoms with Gasteiger partial charge in [0.1, 0.15) is 17.6 Å². The van der Waals surface area contributed by atoms with Crippen molar-refractivity contribution in [3.05, 3.63) is 29.8 Å². The SMILES string of the molecule is CC[C@@H](C=O)[C@H](NC(=O)OC(C)(C)C)c1ccc(OC)cc1. The van der Waals surface area contributed by atoms with Gasteiger partial charge in [0, 0.05) is 5.92 Å². The Kier molecular flexibility index (Phi) is 6.40. The number of carbonyl (C=O) groups excluding carboxylic acids is 2. The van der Waals surface area contributed by atoms with Gasteiger partial charge in [-0.25, -0.2) is 4.79 Å². The van der Waals surface area contributed by atoms with Gasteiger partial charge in [0.15, 0.2) is 0 Å². The van der Waals surface area contributed by atoms with Crippen LogP contribution in [0.5, 0.6) is 5.75 Å². The fraction of sp³-hybridized carbons (Fsp3) is 0.529. The zero-order valence-corrected chi connectivity index (χ0v) is 13.9. The summed E-state index contributed by atoms with van der Waals surface area (Å²) in [5.41, 5.74) is 0.253. The molecule has 0 spiro atoms. The van der Waals surface area contributed by atoms with Crippen LogP contribution < -0.4 is 10.1 Å². The molecule has 0 saturated heterocycles. The number of hydrogen-bond acceptors (Lipinski definition) is 4. The molecule has 0 fully saturated rings. The monoisotopic (exact) mass is 307 g/mol. The van der Waals surface area contributed by atoms with Crippen molar-refractivity contribution in [1.29, 1.82) is 0 Å². The first-order valence-corrected chi connectivity index (χ1v) is 7.39. The molecule has 0 heterocycles. The van der Waals surface area contributed by atoms with Crippen LogP contribution in [0.1, 0.15) is 45.7 Å². The molecular weight excluding hydrogens is 282 g/mol. The highest BCUT2D eigenvalue weighted by Gasteiger charge is 2.26. The Morgan fingerprint density at radius 3 is 2.27 bits per heavy atom. The Morgan fingerprint density at radius 1 is 1.27 bits per heavy atom. The van der Waals surface area contributed by atoms with E-state index >= 15 is 0 Å². The number of carbonyl (C=O) groups is 2. The molecule has 5 nitrogen and oxygen atoms in total. The molecule has 0 bridgehead atoms. The Morgan fingerprint density at radius 2 is 1.86 bits per heavy atom. The highest BCUT2D eigenvalue weighted by Crippen LogP contribution is 2.26. The third kappa shape index (κ3) is 5.39. The standard InChI is InChI=1S/C17H25NO4/c1-6-12(11-19)15(18-16(20)22-17(2,3)4)13-7-9-14(21-5)10-8-13/h7-12,15H,6H2,1-5H3,(H,18,20)/t12-,15-/m0/s1. The predicted octanol–water partition coefficient (Wildman–Crippen LogP) is 3.49. The molecule has 0 radical (unpaired) electrons. The molecule has 2 atom stereocenters. The van der Waals surface area contributed by atoms with E-state index in [9.17, 15) is 9.59 Å². The van der Waals surface area contributed by atoms with Crippen LogP contribution >= 0.6 is 0 Å². The van der Waals surface area contributed by atoms with Crippen molar-refractivity contribution < 1.29 is 19.1 Å². The van der Waals surface area contributed by atoms with Crippen LogP contribution in [-0.2, 0) is 9.53 Å². The minimum Gasteiger partial charge on any atom is -0.497 e. The summed E-state index contributed by atoms with van der Waals surface area (Å²) in [6.45, 7) is 7.30. The first-order chi connectivity index (χ1) is 10.3. The molecule has 1 aromatic carbocycles. The Balaban J connectivity index is 2.97. The first kappa shape index (κ1) is 18.0. The lowest BCUT2D eigenvalue weighted by molar-refractivity contribution is -0.112. The summed E-state index contributed by atoms with van der Waals surface area (Å²) < 4.78 is 10.4. The van der Waals surface area contributed by atoms with Crippen molar-refractivity contribution in [2.45, 2.75) is 45.8 Å². The van der Waals surface area contributed by atoms with E-state index in [2.05, 4.69) is 5.32 Å². The summed E-state index contributed by atoms with van der Waals surface area (Å²) in [4.78, 5) is 23.4. The first-order valence-electron chi connectivity index (χ1n) is 7.39. The van der Waals surface area contributed by atoms with E-state index < -0.39 is 17.7 Å². The van der Waals surface area contributed by atoms with Crippen LogP contribution in [-0.4, -0.2) is 25.1 Å². The second-order valence-electron chi connectivity index (χ2n) is 6.11. The number of alkyl carbamates (subject to hydrolysis) is 1. The molecule has 5 heteroatoms. The van der Waals surface area contributed by atoms with E-state index in [0.717, 1.165) is 17.6 Å². The van der Waals surface area contributed by atoms with Crippen molar-refractivity contribution in [2.75, 3.05) is 7.11 Å². The fourth-order valence-corrected chi connectivity index (χ4v) is 2.09. The van der Waals surface area contributed by atoms with E-state index in [-0.39, 0.29) is 5.92 Å². The van der Waals surface area contributed by atoms with Gasteiger partial charge >= 0.3 is 6.09 Å². The lowest BCUT2D eigenvalue weighted by Gasteiger charge is -2.26. The van der Waals surface area contributed by atoms with E-state index in [1.807, 2.05) is 19.1 Å². The third-order valence-electron chi connectivity index (χ3n) is 3.22. The number of amides is 1. The molecule has 0 aromatic heterocycles. The number of ether oxygens (including phenoxy) is 2. The average molecular weight is 307 g/mol. The van der Waals surface area contributed by atoms with Gasteiger partial charge in [0.25, 0.3) is 0 Å². The number of hydrogen-bond donors (Lipinski definition) is 1. The van der Waals surface area contributed by atoms with Gasteiger partial charge in [-0.15, -0.1) is 0 Å². The number of aldehydes is 1. The Hall–Kier alpha value is -2.04. The zero-order valence-electron chi connectivity index (χ0n) is 13.9. The second-order valence-corrected chi connectivity index (χ2v) is 6.11. The Labute approximate surface area is 132 Å². The second kappa shape index (κ2) is 7.82. The molecule has 0 aliphatic rings. The lowest BCUT2D eigenvalue weighted by Crippen LogP contribution is -2.38. The van der Waals surface area contributed by atoms with Crippen LogP contribution in [0.4, 0.5) is 4.79 Å². The number of methoxy groups -OCH3 is 1. The third-order valence-corrected chi connectivity index (χ3v) is 3.22. The maximum Gasteiger partial charge on any atom is 0.408 e. The zero-order chi connectivity index (χ0) is 16.8. The summed E-state index contributed by atoms with van der Waals surface area (Å²) in [6.07, 6.45) is 0.955. The number of rotatable bonds is 6. The molecule has 0 aliphatic heterocycles. The highest BCUT2D eigenvalue weighted by atomic mass is 16.6. The summed E-state index contributed by atoms with van der Waals surface area (Å²) in [7, 11) is 1.59. The summed E-state index contributed by atoms with van der Waals surface area (Å²) >= 11 is 0. The smallest absolute Gasteiger partial charge is 0.408 e. The largest absolute Gasteiger partial charge is 0.497 e. The highest BCUT2D eigenvalue weighted by molar-refractivity contribution is 5.69. The summed E-state index contributed by atoms with van der Waals surface area (Å²) in [6, 6.07) is 6.86. The maximum atomic E-state index is 12.0. The molecule has 1 N–H and O–H groups in total. The predicted molar refractivity (Wildman–Crippen MR) is 84.9 cm³/mol. The van der Waals surface area contributed by atoms with Crippen LogP contribution in [0.2, 0.25) is 0 Å². The average Bonchev–Trinajstić information content (AvgIpc) is 2.45. The number of nitrogens with one attached hydrogen (secondary N) is 1. The van der Waals surface area contributed by atoms with Crippen LogP contribution in [0, 0.1) is 5.92 Å². The van der Waals surface area contributed by atoms with Crippen molar-refractivity contribution in [3.63, 3.8) is 0 Å². The summed E-state index contributed by atoms with van der Waals surface area (Å²) in [5.74, 6) is 0.403. The van der Waals surface area contributed by atoms with Gasteiger partial charge in [-0.05, 0) is 44.9 Å². The van der Waals surface area contributed by atoms with Gasteiger partial charge in [-0.3, -0.25) is 0 Å². The van der Waals surface area contributed by atoms with E-state index in [0.29, 0.717) is 6.42 Å². The quantitative estimate of drug-likeness (QED) is 0.817. The number of benzene rings is 1. The minimum absolute atomic E-state index is 0.319. The van der Waals surface area contributed by atoms with E-state index in [4.69, 9.17) is 9.47 Å². The van der Waals surface area contributed by atoms with Crippen LogP contribution in [0.25, 0.3) is 0 Å². The van der Waals surface area contributed by atoms with Crippen LogP contribution in [0.15, 0.2) is 24.3 Å². The normalized spacial score (nSPS) is 13.9. The van der Waals surface area contributed by atoms with Crippen molar-refractivity contribution in [3.8, 4) is 5.75 Å². The van der Waals surface area contributed by atoms with E-state index in [1.165, 1.54) is 0 Å². The lowest BCUT2D eigenvalue weighted by atomic mass is 9.92. The summed E-state index contributed by atoms with van der Waals surface area (Å²) in [5, 5.41) is 2.80. The maximum absolute atomic E-state index is 12.0. The van der Waals surface area contributed by atoms with Crippen LogP contribution in [0.3, 0.4) is 0 Å². The van der Waals surface area contributed by atoms with Gasteiger partial charge < -0.3 is 19.6 Å². The molecule has 1 amide bonds. The van der Waals surface area contributed by atoms with Gasteiger partial charge in [0.05, 0.1) is 13.2 Å². The molecule has 1 rings (SSSR count). The molecule has 22 heavy (non-hydrogen) atoms. The molecular formula is C17H25NO4. The van der Waals surface area contributed by atoms with Crippen molar-refractivity contribution in [1.82, 2.24) is 5.32 Å². The van der Waals surface area contributed by atoms with E-state index in [1.54, 1.807) is 40.0 Å². The van der Waals surface area contributed by atoms with Gasteiger partial charge in [-0.1, -0.05) is 19.1 Å². The molecule has 0 unspecified atom stereocenters. The topological polar surface area (TPSA) is 64.6 Å².